The highest BCUT2D eigenvalue weighted by atomic mass is 32.2. The number of H-pyrrole nitrogens is 1. The van der Waals surface area contributed by atoms with E-state index in [1.165, 1.54) is 0 Å². The highest BCUT2D eigenvalue weighted by Crippen LogP contribution is 2.19. The fourth-order valence-electron chi connectivity index (χ4n) is 2.24. The maximum atomic E-state index is 12.2. The van der Waals surface area contributed by atoms with E-state index in [0.29, 0.717) is 5.69 Å². The van der Waals surface area contributed by atoms with Gasteiger partial charge in [-0.2, -0.15) is 0 Å². The summed E-state index contributed by atoms with van der Waals surface area (Å²) in [6.07, 6.45) is 1.83. The van der Waals surface area contributed by atoms with Crippen molar-refractivity contribution >= 4 is 26.6 Å². The second-order valence-electron chi connectivity index (χ2n) is 5.13. The predicted octanol–water partition coefficient (Wildman–Crippen LogP) is 3.42. The minimum atomic E-state index is -3.41. The molecule has 0 radical (unpaired) electrons. The van der Waals surface area contributed by atoms with Gasteiger partial charge < -0.3 is 4.98 Å². The topological polar surface area (TPSA) is 62.0 Å². The van der Waals surface area contributed by atoms with E-state index in [1.54, 1.807) is 6.07 Å². The van der Waals surface area contributed by atoms with E-state index in [0.717, 1.165) is 22.0 Å². The Hall–Kier alpha value is -2.27. The van der Waals surface area contributed by atoms with Crippen molar-refractivity contribution in [3.8, 4) is 0 Å². The van der Waals surface area contributed by atoms with Crippen LogP contribution in [0.2, 0.25) is 0 Å². The van der Waals surface area contributed by atoms with Crippen molar-refractivity contribution in [1.29, 1.82) is 0 Å². The van der Waals surface area contributed by atoms with Gasteiger partial charge in [0.25, 0.3) is 0 Å². The van der Waals surface area contributed by atoms with Crippen LogP contribution in [0.15, 0.2) is 54.7 Å². The van der Waals surface area contributed by atoms with Gasteiger partial charge in [-0.15, -0.1) is 0 Å². The van der Waals surface area contributed by atoms with E-state index in [-0.39, 0.29) is 5.75 Å². The third-order valence-corrected chi connectivity index (χ3v) is 4.56. The second kappa shape index (κ2) is 5.26. The molecule has 1 aromatic heterocycles. The van der Waals surface area contributed by atoms with Crippen LogP contribution in [0.25, 0.3) is 10.9 Å². The van der Waals surface area contributed by atoms with Gasteiger partial charge in [-0.1, -0.05) is 29.8 Å². The van der Waals surface area contributed by atoms with Gasteiger partial charge >= 0.3 is 0 Å². The molecule has 5 heteroatoms. The number of aromatic amines is 1. The molecule has 4 nitrogen and oxygen atoms in total. The molecule has 1 heterocycles. The number of nitrogens with one attached hydrogen (secondary N) is 2. The van der Waals surface area contributed by atoms with Gasteiger partial charge in [0, 0.05) is 22.8 Å². The minimum absolute atomic E-state index is 0.0293. The van der Waals surface area contributed by atoms with E-state index in [4.69, 9.17) is 0 Å². The molecule has 0 bridgehead atoms. The zero-order valence-electron chi connectivity index (χ0n) is 11.6. The summed E-state index contributed by atoms with van der Waals surface area (Å²) in [4.78, 5) is 3.08. The lowest BCUT2D eigenvalue weighted by atomic mass is 10.2. The number of hydrogen-bond acceptors (Lipinski definition) is 2. The maximum absolute atomic E-state index is 12.2. The normalized spacial score (nSPS) is 11.7. The molecule has 2 N–H and O–H groups in total. The first-order valence-electron chi connectivity index (χ1n) is 6.65. The van der Waals surface area contributed by atoms with Gasteiger partial charge in [0.1, 0.15) is 0 Å². The highest BCUT2D eigenvalue weighted by molar-refractivity contribution is 7.91. The Morgan fingerprint density at radius 1 is 1.05 bits per heavy atom. The Labute approximate surface area is 123 Å². The molecule has 0 unspecified atom stereocenters. The van der Waals surface area contributed by atoms with Crippen LogP contribution in [0.3, 0.4) is 0 Å². The lowest BCUT2D eigenvalue weighted by molar-refractivity contribution is 0.600. The summed E-state index contributed by atoms with van der Waals surface area (Å²) >= 11 is 0. The number of rotatable bonds is 4. The first-order chi connectivity index (χ1) is 10.0. The summed E-state index contributed by atoms with van der Waals surface area (Å²) in [5, 5.41) is 0.977. The molecule has 21 heavy (non-hydrogen) atoms. The van der Waals surface area contributed by atoms with E-state index in [9.17, 15) is 8.42 Å². The molecule has 0 atom stereocenters. The molecule has 0 saturated carbocycles. The molecule has 0 aliphatic heterocycles. The highest BCUT2D eigenvalue weighted by Gasteiger charge is 2.12. The van der Waals surface area contributed by atoms with Crippen molar-refractivity contribution in [2.24, 2.45) is 0 Å². The standard InChI is InChI=1S/C16H16N2O2S/c1-12-2-4-13(5-3-12)11-21(19,20)18-15-6-7-16-14(10-15)8-9-17-16/h2-10,17-18H,11H2,1H3. The van der Waals surface area contributed by atoms with Crippen molar-refractivity contribution in [3.63, 3.8) is 0 Å². The smallest absolute Gasteiger partial charge is 0.236 e. The van der Waals surface area contributed by atoms with Crippen LogP contribution >= 0.6 is 0 Å². The third kappa shape index (κ3) is 3.25. The maximum Gasteiger partial charge on any atom is 0.236 e. The van der Waals surface area contributed by atoms with Crippen molar-refractivity contribution < 1.29 is 8.42 Å². The molecule has 0 spiro atoms. The molecule has 0 saturated heterocycles. The van der Waals surface area contributed by atoms with Crippen LogP contribution in [0, 0.1) is 6.92 Å². The average molecular weight is 300 g/mol. The molecule has 3 aromatic rings. The van der Waals surface area contributed by atoms with Crippen molar-refractivity contribution in [2.75, 3.05) is 4.72 Å². The van der Waals surface area contributed by atoms with Crippen molar-refractivity contribution in [1.82, 2.24) is 4.98 Å². The Morgan fingerprint density at radius 2 is 1.81 bits per heavy atom. The summed E-state index contributed by atoms with van der Waals surface area (Å²) in [6.45, 7) is 1.97. The van der Waals surface area contributed by atoms with Crippen molar-refractivity contribution in [2.45, 2.75) is 12.7 Å². The van der Waals surface area contributed by atoms with Crippen molar-refractivity contribution in [3.05, 3.63) is 65.9 Å². The quantitative estimate of drug-likeness (QED) is 0.775. The van der Waals surface area contributed by atoms with E-state index in [1.807, 2.05) is 55.6 Å². The van der Waals surface area contributed by atoms with Gasteiger partial charge in [-0.05, 0) is 36.8 Å². The molecule has 2 aromatic carbocycles. The van der Waals surface area contributed by atoms with E-state index >= 15 is 0 Å². The summed E-state index contributed by atoms with van der Waals surface area (Å²) in [7, 11) is -3.41. The third-order valence-electron chi connectivity index (χ3n) is 3.30. The summed E-state index contributed by atoms with van der Waals surface area (Å²) in [6, 6.07) is 14.8. The Bertz CT molecular complexity index is 865. The van der Waals surface area contributed by atoms with Crippen LogP contribution in [0.5, 0.6) is 0 Å². The van der Waals surface area contributed by atoms with Crippen LogP contribution in [-0.2, 0) is 15.8 Å². The molecule has 3 rings (SSSR count). The number of aromatic nitrogens is 1. The van der Waals surface area contributed by atoms with Gasteiger partial charge in [0.05, 0.1) is 5.75 Å². The van der Waals surface area contributed by atoms with Gasteiger partial charge in [0.2, 0.25) is 10.0 Å². The van der Waals surface area contributed by atoms with Gasteiger partial charge in [-0.3, -0.25) is 4.72 Å². The summed E-state index contributed by atoms with van der Waals surface area (Å²) < 4.78 is 27.0. The Balaban J connectivity index is 1.80. The monoisotopic (exact) mass is 300 g/mol. The number of hydrogen-bond donors (Lipinski definition) is 2. The Morgan fingerprint density at radius 3 is 2.57 bits per heavy atom. The molecule has 108 valence electrons. The fourth-order valence-corrected chi connectivity index (χ4v) is 3.43. The zero-order valence-corrected chi connectivity index (χ0v) is 12.4. The molecule has 0 aliphatic carbocycles. The first-order valence-corrected chi connectivity index (χ1v) is 8.30. The molecule has 0 aliphatic rings. The largest absolute Gasteiger partial charge is 0.361 e. The van der Waals surface area contributed by atoms with E-state index < -0.39 is 10.0 Å². The first kappa shape index (κ1) is 13.7. The van der Waals surface area contributed by atoms with Gasteiger partial charge in [0.15, 0.2) is 0 Å². The van der Waals surface area contributed by atoms with Gasteiger partial charge in [-0.25, -0.2) is 8.42 Å². The minimum Gasteiger partial charge on any atom is -0.361 e. The number of anilines is 1. The van der Waals surface area contributed by atoms with E-state index in [2.05, 4.69) is 9.71 Å². The Kier molecular flexibility index (Phi) is 3.43. The second-order valence-corrected chi connectivity index (χ2v) is 6.85. The average Bonchev–Trinajstić information content (AvgIpc) is 2.88. The molecular formula is C16H16N2O2S. The SMILES string of the molecule is Cc1ccc(CS(=O)(=O)Nc2ccc3[nH]ccc3c2)cc1. The molecule has 0 fully saturated rings. The number of benzene rings is 2. The lowest BCUT2D eigenvalue weighted by Gasteiger charge is -2.08. The number of aryl methyl sites for hydroxylation is 1. The molecule has 0 amide bonds. The van der Waals surface area contributed by atoms with Crippen LogP contribution in [-0.4, -0.2) is 13.4 Å². The summed E-state index contributed by atoms with van der Waals surface area (Å²) in [5.74, 6) is -0.0293. The van der Waals surface area contributed by atoms with Crippen LogP contribution in [0.4, 0.5) is 5.69 Å². The van der Waals surface area contributed by atoms with Crippen LogP contribution in [0.1, 0.15) is 11.1 Å². The number of fused-ring (bicyclic) bond motifs is 1. The summed E-state index contributed by atoms with van der Waals surface area (Å²) in [5.41, 5.74) is 3.45. The number of sulfonamides is 1. The molecular weight excluding hydrogens is 284 g/mol. The van der Waals surface area contributed by atoms with Crippen LogP contribution < -0.4 is 4.72 Å². The predicted molar refractivity (Wildman–Crippen MR) is 85.7 cm³/mol. The lowest BCUT2D eigenvalue weighted by Crippen LogP contribution is -2.15. The fraction of sp³-hybridized carbons (Fsp3) is 0.125. The zero-order chi connectivity index (χ0) is 14.9.